The second-order valence-electron chi connectivity index (χ2n) is 2.08. The molecule has 0 bridgehead atoms. The fraction of sp³-hybridized carbons (Fsp3) is 1.00. The second kappa shape index (κ2) is 5.77. The average Bonchev–Trinajstić information content (AvgIpc) is 1.96. The standard InChI is InChI=1S/C6H10BrF3O2/c1-11-2-3-12-4-5(7)6(8,9)10/h5H,2-4H2,1H3. The van der Waals surface area contributed by atoms with Crippen LogP contribution in [0.25, 0.3) is 0 Å². The van der Waals surface area contributed by atoms with Gasteiger partial charge in [-0.05, 0) is 0 Å². The number of hydrogen-bond acceptors (Lipinski definition) is 2. The second-order valence-corrected chi connectivity index (χ2v) is 3.18. The molecule has 2 nitrogen and oxygen atoms in total. The lowest BCUT2D eigenvalue weighted by Gasteiger charge is -2.13. The maximum absolute atomic E-state index is 11.8. The highest BCUT2D eigenvalue weighted by atomic mass is 79.9. The summed E-state index contributed by atoms with van der Waals surface area (Å²) in [5, 5.41) is 0. The molecule has 0 radical (unpaired) electrons. The third kappa shape index (κ3) is 5.79. The van der Waals surface area contributed by atoms with E-state index in [2.05, 4.69) is 25.4 Å². The van der Waals surface area contributed by atoms with Gasteiger partial charge in [-0.1, -0.05) is 15.9 Å². The fourth-order valence-electron chi connectivity index (χ4n) is 0.424. The van der Waals surface area contributed by atoms with Crippen molar-refractivity contribution in [1.82, 2.24) is 0 Å². The van der Waals surface area contributed by atoms with Crippen LogP contribution in [0, 0.1) is 0 Å². The van der Waals surface area contributed by atoms with Gasteiger partial charge >= 0.3 is 6.18 Å². The third-order valence-electron chi connectivity index (χ3n) is 1.05. The first-order valence-corrected chi connectivity index (χ1v) is 4.17. The van der Waals surface area contributed by atoms with Crippen LogP contribution in [0.1, 0.15) is 0 Å². The Bertz CT molecular complexity index is 118. The summed E-state index contributed by atoms with van der Waals surface area (Å²) in [5.74, 6) is 0. The Balaban J connectivity index is 3.38. The molecule has 0 saturated carbocycles. The normalized spacial score (nSPS) is 14.8. The zero-order valence-corrected chi connectivity index (χ0v) is 8.11. The average molecular weight is 251 g/mol. The molecule has 74 valence electrons. The lowest BCUT2D eigenvalue weighted by atomic mass is 10.4. The molecular formula is C6H10BrF3O2. The van der Waals surface area contributed by atoms with E-state index < -0.39 is 11.0 Å². The molecule has 0 aromatic carbocycles. The number of halogens is 4. The number of hydrogen-bond donors (Lipinski definition) is 0. The van der Waals surface area contributed by atoms with Crippen LogP contribution >= 0.6 is 15.9 Å². The first-order valence-electron chi connectivity index (χ1n) is 3.26. The molecule has 0 N–H and O–H groups in total. The van der Waals surface area contributed by atoms with Gasteiger partial charge in [0.25, 0.3) is 0 Å². The van der Waals surface area contributed by atoms with Gasteiger partial charge in [0.05, 0.1) is 19.8 Å². The molecular weight excluding hydrogens is 241 g/mol. The molecule has 1 atom stereocenters. The van der Waals surface area contributed by atoms with Crippen molar-refractivity contribution in [3.05, 3.63) is 0 Å². The highest BCUT2D eigenvalue weighted by Gasteiger charge is 2.37. The smallest absolute Gasteiger partial charge is 0.382 e. The van der Waals surface area contributed by atoms with E-state index in [0.717, 1.165) is 0 Å². The summed E-state index contributed by atoms with van der Waals surface area (Å²) >= 11 is 2.46. The molecule has 0 aliphatic rings. The molecule has 0 rings (SSSR count). The Kier molecular flexibility index (Phi) is 5.86. The minimum absolute atomic E-state index is 0.175. The van der Waals surface area contributed by atoms with Gasteiger partial charge in [-0.25, -0.2) is 0 Å². The number of alkyl halides is 4. The van der Waals surface area contributed by atoms with Gasteiger partial charge in [0.1, 0.15) is 4.83 Å². The van der Waals surface area contributed by atoms with Crippen molar-refractivity contribution in [1.29, 1.82) is 0 Å². The molecule has 0 fully saturated rings. The van der Waals surface area contributed by atoms with Crippen LogP contribution in [-0.2, 0) is 9.47 Å². The Hall–Kier alpha value is 0.190. The predicted molar refractivity (Wildman–Crippen MR) is 41.5 cm³/mol. The van der Waals surface area contributed by atoms with Crippen LogP contribution in [0.3, 0.4) is 0 Å². The highest BCUT2D eigenvalue weighted by Crippen LogP contribution is 2.26. The van der Waals surface area contributed by atoms with Gasteiger partial charge in [-0.3, -0.25) is 0 Å². The molecule has 6 heteroatoms. The van der Waals surface area contributed by atoms with Gasteiger partial charge in [-0.15, -0.1) is 0 Å². The molecule has 0 aromatic rings. The van der Waals surface area contributed by atoms with Crippen molar-refractivity contribution >= 4 is 15.9 Å². The van der Waals surface area contributed by atoms with Crippen LogP contribution in [0.5, 0.6) is 0 Å². The molecule has 0 heterocycles. The molecule has 0 saturated heterocycles. The van der Waals surface area contributed by atoms with E-state index in [1.54, 1.807) is 0 Å². The SMILES string of the molecule is COCCOCC(Br)C(F)(F)F. The van der Waals surface area contributed by atoms with Gasteiger partial charge in [-0.2, -0.15) is 13.2 Å². The summed E-state index contributed by atoms with van der Waals surface area (Å²) in [5.41, 5.74) is 0. The van der Waals surface area contributed by atoms with Crippen LogP contribution in [0.4, 0.5) is 13.2 Å². The van der Waals surface area contributed by atoms with Gasteiger partial charge in [0.2, 0.25) is 0 Å². The van der Waals surface area contributed by atoms with Gasteiger partial charge < -0.3 is 9.47 Å². The Morgan fingerprint density at radius 1 is 1.33 bits per heavy atom. The van der Waals surface area contributed by atoms with Crippen molar-refractivity contribution in [2.45, 2.75) is 11.0 Å². The van der Waals surface area contributed by atoms with Gasteiger partial charge in [0.15, 0.2) is 0 Å². The van der Waals surface area contributed by atoms with Gasteiger partial charge in [0, 0.05) is 7.11 Å². The van der Waals surface area contributed by atoms with Crippen molar-refractivity contribution in [2.75, 3.05) is 26.9 Å². The van der Waals surface area contributed by atoms with Crippen molar-refractivity contribution < 1.29 is 22.6 Å². The molecule has 12 heavy (non-hydrogen) atoms. The Morgan fingerprint density at radius 2 is 1.92 bits per heavy atom. The monoisotopic (exact) mass is 250 g/mol. The largest absolute Gasteiger partial charge is 0.403 e. The fourth-order valence-corrected chi connectivity index (χ4v) is 0.610. The number of methoxy groups -OCH3 is 1. The van der Waals surface area contributed by atoms with E-state index in [4.69, 9.17) is 0 Å². The Labute approximate surface area is 77.2 Å². The Morgan fingerprint density at radius 3 is 2.33 bits per heavy atom. The zero-order valence-electron chi connectivity index (χ0n) is 6.53. The molecule has 0 spiro atoms. The number of rotatable bonds is 5. The zero-order chi connectivity index (χ0) is 9.61. The van der Waals surface area contributed by atoms with E-state index >= 15 is 0 Å². The van der Waals surface area contributed by atoms with Crippen LogP contribution in [0.2, 0.25) is 0 Å². The third-order valence-corrected chi connectivity index (χ3v) is 1.83. The topological polar surface area (TPSA) is 18.5 Å². The van der Waals surface area contributed by atoms with Crippen LogP contribution < -0.4 is 0 Å². The first kappa shape index (κ1) is 12.2. The lowest BCUT2D eigenvalue weighted by molar-refractivity contribution is -0.138. The van der Waals surface area contributed by atoms with E-state index in [0.29, 0.717) is 6.61 Å². The van der Waals surface area contributed by atoms with Crippen molar-refractivity contribution in [3.63, 3.8) is 0 Å². The molecule has 1 unspecified atom stereocenters. The highest BCUT2D eigenvalue weighted by molar-refractivity contribution is 9.09. The van der Waals surface area contributed by atoms with Crippen molar-refractivity contribution in [2.24, 2.45) is 0 Å². The van der Waals surface area contributed by atoms with E-state index in [1.807, 2.05) is 0 Å². The van der Waals surface area contributed by atoms with E-state index in [-0.39, 0.29) is 13.2 Å². The predicted octanol–water partition coefficient (Wildman–Crippen LogP) is 1.98. The molecule has 0 aliphatic heterocycles. The van der Waals surface area contributed by atoms with Crippen LogP contribution in [-0.4, -0.2) is 37.9 Å². The minimum atomic E-state index is -4.24. The minimum Gasteiger partial charge on any atom is -0.382 e. The summed E-state index contributed by atoms with van der Waals surface area (Å²) in [7, 11) is 1.46. The summed E-state index contributed by atoms with van der Waals surface area (Å²) in [6.45, 7) is 0.0963. The molecule has 0 aromatic heterocycles. The lowest BCUT2D eigenvalue weighted by Crippen LogP contribution is -2.28. The quantitative estimate of drug-likeness (QED) is 0.549. The summed E-state index contributed by atoms with van der Waals surface area (Å²) in [6, 6.07) is 0. The summed E-state index contributed by atoms with van der Waals surface area (Å²) in [4.78, 5) is -1.60. The summed E-state index contributed by atoms with van der Waals surface area (Å²) < 4.78 is 44.7. The van der Waals surface area contributed by atoms with Crippen molar-refractivity contribution in [3.8, 4) is 0 Å². The number of ether oxygens (including phenoxy) is 2. The summed E-state index contributed by atoms with van der Waals surface area (Å²) in [6.07, 6.45) is -4.24. The van der Waals surface area contributed by atoms with E-state index in [9.17, 15) is 13.2 Å². The first-order chi connectivity index (χ1) is 5.48. The molecule has 0 amide bonds. The van der Waals surface area contributed by atoms with E-state index in [1.165, 1.54) is 7.11 Å². The molecule has 0 aliphatic carbocycles. The maximum atomic E-state index is 11.8. The van der Waals surface area contributed by atoms with Crippen LogP contribution in [0.15, 0.2) is 0 Å². The maximum Gasteiger partial charge on any atom is 0.403 e.